The van der Waals surface area contributed by atoms with Gasteiger partial charge in [0.25, 0.3) is 5.91 Å². The van der Waals surface area contributed by atoms with Gasteiger partial charge in [-0.15, -0.1) is 0 Å². The van der Waals surface area contributed by atoms with Crippen LogP contribution in [0.25, 0.3) is 0 Å². The van der Waals surface area contributed by atoms with E-state index in [9.17, 15) is 9.59 Å². The van der Waals surface area contributed by atoms with E-state index < -0.39 is 5.97 Å². The molecule has 1 amide bonds. The normalized spacial score (nSPS) is 14.6. The van der Waals surface area contributed by atoms with Crippen LogP contribution in [0.15, 0.2) is 10.6 Å². The first-order valence-electron chi connectivity index (χ1n) is 5.52. The lowest BCUT2D eigenvalue weighted by atomic mass is 10.2. The smallest absolute Gasteiger partial charge is 0.305 e. The van der Waals surface area contributed by atoms with E-state index in [1.807, 2.05) is 0 Å². The Morgan fingerprint density at radius 2 is 2.29 bits per heavy atom. The molecule has 0 spiro atoms. The number of nitrogens with zero attached hydrogens (tertiary/aromatic N) is 2. The van der Waals surface area contributed by atoms with Crippen LogP contribution in [0.4, 0.5) is 0 Å². The van der Waals surface area contributed by atoms with Gasteiger partial charge in [-0.1, -0.05) is 5.16 Å². The third-order valence-electron chi connectivity index (χ3n) is 2.73. The van der Waals surface area contributed by atoms with Gasteiger partial charge in [-0.05, 0) is 12.8 Å². The number of amides is 1. The van der Waals surface area contributed by atoms with Crippen molar-refractivity contribution in [2.45, 2.75) is 25.2 Å². The molecule has 6 heteroatoms. The summed E-state index contributed by atoms with van der Waals surface area (Å²) >= 11 is 0. The zero-order valence-corrected chi connectivity index (χ0v) is 9.55. The molecule has 0 radical (unpaired) electrons. The van der Waals surface area contributed by atoms with Crippen LogP contribution in [-0.4, -0.2) is 40.6 Å². The standard InChI is InChI=1S/C11H14N2O4/c1-13(5-4-10(14)15)11(16)8-6-9(17-12-8)7-2-3-7/h6-7H,2-5H2,1H3,(H,14,15). The Bertz CT molecular complexity index is 436. The highest BCUT2D eigenvalue weighted by atomic mass is 16.5. The van der Waals surface area contributed by atoms with Crippen LogP contribution in [0, 0.1) is 0 Å². The second-order valence-electron chi connectivity index (χ2n) is 4.26. The third-order valence-corrected chi connectivity index (χ3v) is 2.73. The molecule has 1 N–H and O–H groups in total. The van der Waals surface area contributed by atoms with Crippen LogP contribution >= 0.6 is 0 Å². The summed E-state index contributed by atoms with van der Waals surface area (Å²) in [5.74, 6) is -0.0706. The number of aromatic nitrogens is 1. The van der Waals surface area contributed by atoms with Crippen LogP contribution in [0.1, 0.15) is 41.4 Å². The molecule has 92 valence electrons. The Labute approximate surface area is 98.2 Å². The van der Waals surface area contributed by atoms with E-state index in [2.05, 4.69) is 5.16 Å². The molecule has 1 saturated carbocycles. The first-order valence-corrected chi connectivity index (χ1v) is 5.52. The van der Waals surface area contributed by atoms with Gasteiger partial charge in [0.1, 0.15) is 5.76 Å². The molecule has 1 aromatic heterocycles. The first-order chi connectivity index (χ1) is 8.08. The van der Waals surface area contributed by atoms with Crippen molar-refractivity contribution >= 4 is 11.9 Å². The summed E-state index contributed by atoms with van der Waals surface area (Å²) in [5, 5.41) is 12.2. The van der Waals surface area contributed by atoms with Crippen molar-refractivity contribution in [3.05, 3.63) is 17.5 Å². The summed E-state index contributed by atoms with van der Waals surface area (Å²) in [6, 6.07) is 1.65. The van der Waals surface area contributed by atoms with E-state index >= 15 is 0 Å². The van der Waals surface area contributed by atoms with Crippen LogP contribution in [0.5, 0.6) is 0 Å². The Morgan fingerprint density at radius 1 is 1.59 bits per heavy atom. The lowest BCUT2D eigenvalue weighted by Gasteiger charge is -2.13. The van der Waals surface area contributed by atoms with Crippen LogP contribution in [0.2, 0.25) is 0 Å². The predicted molar refractivity (Wildman–Crippen MR) is 57.7 cm³/mol. The largest absolute Gasteiger partial charge is 0.481 e. The maximum Gasteiger partial charge on any atom is 0.305 e. The van der Waals surface area contributed by atoms with E-state index in [1.165, 1.54) is 4.90 Å². The van der Waals surface area contributed by atoms with Gasteiger partial charge in [-0.3, -0.25) is 9.59 Å². The average Bonchev–Trinajstić information content (AvgIpc) is 3.03. The minimum Gasteiger partial charge on any atom is -0.481 e. The molecular weight excluding hydrogens is 224 g/mol. The van der Waals surface area contributed by atoms with Crippen molar-refractivity contribution in [1.29, 1.82) is 0 Å². The molecule has 6 nitrogen and oxygen atoms in total. The summed E-state index contributed by atoms with van der Waals surface area (Å²) in [6.07, 6.45) is 2.09. The van der Waals surface area contributed by atoms with Gasteiger partial charge in [0.15, 0.2) is 5.69 Å². The third kappa shape index (κ3) is 2.83. The summed E-state index contributed by atoms with van der Waals surface area (Å²) in [6.45, 7) is 0.166. The van der Waals surface area contributed by atoms with E-state index in [-0.39, 0.29) is 24.6 Å². The van der Waals surface area contributed by atoms with Crippen molar-refractivity contribution in [2.24, 2.45) is 0 Å². The van der Waals surface area contributed by atoms with E-state index in [1.54, 1.807) is 13.1 Å². The molecule has 1 aliphatic rings. The molecule has 1 aliphatic carbocycles. The van der Waals surface area contributed by atoms with Crippen molar-refractivity contribution in [1.82, 2.24) is 10.1 Å². The average molecular weight is 238 g/mol. The molecule has 2 rings (SSSR count). The van der Waals surface area contributed by atoms with Crippen molar-refractivity contribution in [3.63, 3.8) is 0 Å². The van der Waals surface area contributed by atoms with Gasteiger partial charge in [-0.2, -0.15) is 0 Å². The number of carbonyl (C=O) groups is 2. The van der Waals surface area contributed by atoms with Crippen LogP contribution in [0.3, 0.4) is 0 Å². The summed E-state index contributed by atoms with van der Waals surface area (Å²) < 4.78 is 5.07. The number of hydrogen-bond donors (Lipinski definition) is 1. The molecule has 17 heavy (non-hydrogen) atoms. The summed E-state index contributed by atoms with van der Waals surface area (Å²) in [4.78, 5) is 23.6. The van der Waals surface area contributed by atoms with Gasteiger partial charge in [0.2, 0.25) is 0 Å². The van der Waals surface area contributed by atoms with E-state index in [4.69, 9.17) is 9.63 Å². The zero-order chi connectivity index (χ0) is 12.4. The number of rotatable bonds is 5. The maximum atomic E-state index is 11.8. The Kier molecular flexibility index (Phi) is 3.12. The molecule has 1 fully saturated rings. The van der Waals surface area contributed by atoms with Gasteiger partial charge in [-0.25, -0.2) is 0 Å². The highest BCUT2D eigenvalue weighted by Crippen LogP contribution is 2.40. The maximum absolute atomic E-state index is 11.8. The molecular formula is C11H14N2O4. The van der Waals surface area contributed by atoms with Crippen molar-refractivity contribution in [2.75, 3.05) is 13.6 Å². The molecule has 0 atom stereocenters. The molecule has 0 saturated heterocycles. The molecule has 0 bridgehead atoms. The fourth-order valence-corrected chi connectivity index (χ4v) is 1.51. The SMILES string of the molecule is CN(CCC(=O)O)C(=O)c1cc(C2CC2)on1. The Morgan fingerprint density at radius 3 is 2.88 bits per heavy atom. The second-order valence-corrected chi connectivity index (χ2v) is 4.26. The topological polar surface area (TPSA) is 83.6 Å². The van der Waals surface area contributed by atoms with Gasteiger partial charge < -0.3 is 14.5 Å². The number of hydrogen-bond acceptors (Lipinski definition) is 4. The number of carboxylic acid groups (broad SMARTS) is 1. The zero-order valence-electron chi connectivity index (χ0n) is 9.55. The Balaban J connectivity index is 1.95. The van der Waals surface area contributed by atoms with Gasteiger partial charge in [0, 0.05) is 25.6 Å². The summed E-state index contributed by atoms with van der Waals surface area (Å²) in [5.41, 5.74) is 0.250. The van der Waals surface area contributed by atoms with Gasteiger partial charge >= 0.3 is 5.97 Å². The minimum atomic E-state index is -0.927. The van der Waals surface area contributed by atoms with E-state index in [0.29, 0.717) is 5.92 Å². The molecule has 0 aromatic carbocycles. The highest BCUT2D eigenvalue weighted by Gasteiger charge is 2.29. The monoisotopic (exact) mass is 238 g/mol. The first kappa shape index (κ1) is 11.6. The lowest BCUT2D eigenvalue weighted by Crippen LogP contribution is -2.29. The fraction of sp³-hybridized carbons (Fsp3) is 0.545. The number of aliphatic carboxylic acids is 1. The second kappa shape index (κ2) is 4.57. The molecule has 0 unspecified atom stereocenters. The molecule has 1 aromatic rings. The predicted octanol–water partition coefficient (Wildman–Crippen LogP) is 1.10. The van der Waals surface area contributed by atoms with Crippen molar-refractivity contribution in [3.8, 4) is 0 Å². The summed E-state index contributed by atoms with van der Waals surface area (Å²) in [7, 11) is 1.55. The minimum absolute atomic E-state index is 0.0738. The van der Waals surface area contributed by atoms with Crippen LogP contribution < -0.4 is 0 Å². The number of carboxylic acids is 1. The molecule has 1 heterocycles. The highest BCUT2D eigenvalue weighted by molar-refractivity contribution is 5.92. The van der Waals surface area contributed by atoms with Crippen molar-refractivity contribution < 1.29 is 19.2 Å². The molecule has 0 aliphatic heterocycles. The number of carbonyl (C=O) groups excluding carboxylic acids is 1. The van der Waals surface area contributed by atoms with Gasteiger partial charge in [0.05, 0.1) is 6.42 Å². The van der Waals surface area contributed by atoms with E-state index in [0.717, 1.165) is 18.6 Å². The quantitative estimate of drug-likeness (QED) is 0.830. The van der Waals surface area contributed by atoms with Crippen LogP contribution in [-0.2, 0) is 4.79 Å². The lowest BCUT2D eigenvalue weighted by molar-refractivity contribution is -0.137. The fourth-order valence-electron chi connectivity index (χ4n) is 1.51. The Hall–Kier alpha value is -1.85.